The number of thioether (sulfide) groups is 1. The van der Waals surface area contributed by atoms with Crippen LogP contribution in [0.5, 0.6) is 5.75 Å². The van der Waals surface area contributed by atoms with Crippen molar-refractivity contribution in [3.8, 4) is 22.7 Å². The van der Waals surface area contributed by atoms with Gasteiger partial charge in [0.2, 0.25) is 0 Å². The summed E-state index contributed by atoms with van der Waals surface area (Å²) in [5.74, 6) is -0.413. The number of hydrogen-bond donors (Lipinski definition) is 0. The van der Waals surface area contributed by atoms with Crippen LogP contribution in [0.1, 0.15) is 24.5 Å². The maximum Gasteiger partial charge on any atom is 0.266 e. The van der Waals surface area contributed by atoms with Crippen LogP contribution in [-0.4, -0.2) is 31.5 Å². The fraction of sp³-hybridized carbons (Fsp3) is 0.138. The van der Waals surface area contributed by atoms with Crippen molar-refractivity contribution in [2.75, 3.05) is 6.61 Å². The van der Waals surface area contributed by atoms with Crippen LogP contribution in [0, 0.1) is 5.82 Å². The van der Waals surface area contributed by atoms with E-state index in [-0.39, 0.29) is 11.7 Å². The summed E-state index contributed by atoms with van der Waals surface area (Å²) in [4.78, 5) is 15.4. The van der Waals surface area contributed by atoms with Crippen molar-refractivity contribution in [1.82, 2.24) is 14.7 Å². The van der Waals surface area contributed by atoms with E-state index < -0.39 is 5.82 Å². The van der Waals surface area contributed by atoms with Crippen molar-refractivity contribution >= 4 is 40.3 Å². The Labute approximate surface area is 224 Å². The molecule has 4 aromatic rings. The standard InChI is InChI=1S/C29H24FN3O2S2/c1-2-15-35-25-14-13-21(16-24(25)30)27-22(19-33(31-27)23-11-7-4-8-12-23)17-26-28(34)32(29(36)37-26)18-20-9-5-3-6-10-20/h3-14,16-17,19H,2,15,18H2,1H3. The third-order valence-electron chi connectivity index (χ3n) is 5.77. The fourth-order valence-corrected chi connectivity index (χ4v) is 5.20. The molecule has 1 aromatic heterocycles. The molecule has 0 N–H and O–H groups in total. The first-order valence-corrected chi connectivity index (χ1v) is 13.1. The van der Waals surface area contributed by atoms with Gasteiger partial charge in [0.15, 0.2) is 11.6 Å². The number of ether oxygens (including phenoxy) is 1. The SMILES string of the molecule is CCCOc1ccc(-c2nn(-c3ccccc3)cc2C=C2SC(=S)N(Cc3ccccc3)C2=O)cc1F. The Kier molecular flexibility index (Phi) is 7.48. The van der Waals surface area contributed by atoms with Crippen LogP contribution in [0.15, 0.2) is 90.0 Å². The number of amides is 1. The second-order valence-corrected chi connectivity index (χ2v) is 10.1. The normalized spacial score (nSPS) is 14.5. The highest BCUT2D eigenvalue weighted by atomic mass is 32.2. The Bertz CT molecular complexity index is 1470. The molecule has 0 saturated carbocycles. The minimum absolute atomic E-state index is 0.160. The van der Waals surface area contributed by atoms with Crippen molar-refractivity contribution in [2.45, 2.75) is 19.9 Å². The molecule has 2 heterocycles. The predicted octanol–water partition coefficient (Wildman–Crippen LogP) is 6.87. The van der Waals surface area contributed by atoms with E-state index in [2.05, 4.69) is 0 Å². The molecule has 8 heteroatoms. The highest BCUT2D eigenvalue weighted by Gasteiger charge is 2.32. The summed E-state index contributed by atoms with van der Waals surface area (Å²) in [6.45, 7) is 2.82. The van der Waals surface area contributed by atoms with Gasteiger partial charge in [-0.3, -0.25) is 9.69 Å². The average Bonchev–Trinajstić information content (AvgIpc) is 3.45. The zero-order valence-corrected chi connectivity index (χ0v) is 21.8. The predicted molar refractivity (Wildman–Crippen MR) is 150 cm³/mol. The van der Waals surface area contributed by atoms with E-state index in [0.29, 0.717) is 39.2 Å². The Morgan fingerprint density at radius 1 is 1.05 bits per heavy atom. The first-order valence-electron chi connectivity index (χ1n) is 11.9. The third-order valence-corrected chi connectivity index (χ3v) is 7.15. The maximum atomic E-state index is 14.8. The molecular formula is C29H24FN3O2S2. The molecule has 186 valence electrons. The Hall–Kier alpha value is -3.75. The van der Waals surface area contributed by atoms with Crippen LogP contribution in [0.3, 0.4) is 0 Å². The second kappa shape index (κ2) is 11.1. The second-order valence-electron chi connectivity index (χ2n) is 8.46. The summed E-state index contributed by atoms with van der Waals surface area (Å²) in [5, 5.41) is 4.75. The van der Waals surface area contributed by atoms with Gasteiger partial charge in [-0.25, -0.2) is 9.07 Å². The van der Waals surface area contributed by atoms with E-state index in [0.717, 1.165) is 17.7 Å². The lowest BCUT2D eigenvalue weighted by molar-refractivity contribution is -0.122. The van der Waals surface area contributed by atoms with Gasteiger partial charge in [-0.05, 0) is 48.4 Å². The van der Waals surface area contributed by atoms with E-state index in [1.807, 2.05) is 73.8 Å². The van der Waals surface area contributed by atoms with Gasteiger partial charge in [0, 0.05) is 17.3 Å². The van der Waals surface area contributed by atoms with Crippen molar-refractivity contribution in [3.05, 3.63) is 107 Å². The van der Waals surface area contributed by atoms with Crippen LogP contribution in [0.2, 0.25) is 0 Å². The van der Waals surface area contributed by atoms with Crippen molar-refractivity contribution in [1.29, 1.82) is 0 Å². The van der Waals surface area contributed by atoms with Gasteiger partial charge in [-0.2, -0.15) is 5.10 Å². The molecule has 5 nitrogen and oxygen atoms in total. The number of carbonyl (C=O) groups is 1. The number of nitrogens with zero attached hydrogens (tertiary/aromatic N) is 3. The molecule has 0 atom stereocenters. The number of rotatable bonds is 8. The van der Waals surface area contributed by atoms with Crippen LogP contribution in [-0.2, 0) is 11.3 Å². The Morgan fingerprint density at radius 3 is 2.49 bits per heavy atom. The van der Waals surface area contributed by atoms with E-state index in [1.54, 1.807) is 27.8 Å². The molecule has 1 aliphatic rings. The number of benzene rings is 3. The molecule has 3 aromatic carbocycles. The van der Waals surface area contributed by atoms with Crippen molar-refractivity contribution in [3.63, 3.8) is 0 Å². The van der Waals surface area contributed by atoms with Crippen LogP contribution < -0.4 is 4.74 Å². The first-order chi connectivity index (χ1) is 18.0. The smallest absolute Gasteiger partial charge is 0.266 e. The van der Waals surface area contributed by atoms with Crippen molar-refractivity contribution < 1.29 is 13.9 Å². The maximum absolute atomic E-state index is 14.8. The average molecular weight is 530 g/mol. The summed E-state index contributed by atoms with van der Waals surface area (Å²) >= 11 is 6.78. The molecule has 1 fully saturated rings. The number of aromatic nitrogens is 2. The quantitative estimate of drug-likeness (QED) is 0.184. The molecule has 37 heavy (non-hydrogen) atoms. The van der Waals surface area contributed by atoms with Gasteiger partial charge >= 0.3 is 0 Å². The van der Waals surface area contributed by atoms with E-state index in [9.17, 15) is 9.18 Å². The van der Waals surface area contributed by atoms with E-state index >= 15 is 0 Å². The summed E-state index contributed by atoms with van der Waals surface area (Å²) in [5.41, 5.74) is 3.67. The Morgan fingerprint density at radius 2 is 1.78 bits per heavy atom. The summed E-state index contributed by atoms with van der Waals surface area (Å²) in [7, 11) is 0. The molecule has 0 spiro atoms. The molecule has 0 unspecified atom stereocenters. The molecular weight excluding hydrogens is 505 g/mol. The van der Waals surface area contributed by atoms with Gasteiger partial charge < -0.3 is 4.74 Å². The lowest BCUT2D eigenvalue weighted by Crippen LogP contribution is -2.27. The summed E-state index contributed by atoms with van der Waals surface area (Å²) in [6.07, 6.45) is 4.41. The largest absolute Gasteiger partial charge is 0.491 e. The lowest BCUT2D eigenvalue weighted by Gasteiger charge is -2.14. The fourth-order valence-electron chi connectivity index (χ4n) is 3.95. The zero-order chi connectivity index (χ0) is 25.8. The third kappa shape index (κ3) is 5.50. The Balaban J connectivity index is 1.52. The minimum atomic E-state index is -0.458. The molecule has 0 bridgehead atoms. The summed E-state index contributed by atoms with van der Waals surface area (Å²) in [6, 6.07) is 24.2. The highest BCUT2D eigenvalue weighted by molar-refractivity contribution is 8.26. The first kappa shape index (κ1) is 24.9. The number of halogens is 1. The summed E-state index contributed by atoms with van der Waals surface area (Å²) < 4.78 is 22.6. The highest BCUT2D eigenvalue weighted by Crippen LogP contribution is 2.36. The molecule has 5 rings (SSSR count). The topological polar surface area (TPSA) is 47.4 Å². The van der Waals surface area contributed by atoms with Crippen LogP contribution >= 0.6 is 24.0 Å². The van der Waals surface area contributed by atoms with E-state index in [1.165, 1.54) is 17.8 Å². The number of para-hydroxylation sites is 1. The number of carbonyl (C=O) groups excluding carboxylic acids is 1. The molecule has 1 saturated heterocycles. The molecule has 1 aliphatic heterocycles. The number of thiocarbonyl (C=S) groups is 1. The van der Waals surface area contributed by atoms with Gasteiger partial charge in [-0.15, -0.1) is 0 Å². The van der Waals surface area contributed by atoms with Gasteiger partial charge in [0.1, 0.15) is 10.0 Å². The number of hydrogen-bond acceptors (Lipinski definition) is 5. The van der Waals surface area contributed by atoms with Crippen molar-refractivity contribution in [2.24, 2.45) is 0 Å². The molecule has 0 radical (unpaired) electrons. The lowest BCUT2D eigenvalue weighted by atomic mass is 10.1. The van der Waals surface area contributed by atoms with E-state index in [4.69, 9.17) is 22.1 Å². The monoisotopic (exact) mass is 529 g/mol. The van der Waals surface area contributed by atoms with Crippen LogP contribution in [0.25, 0.3) is 23.0 Å². The van der Waals surface area contributed by atoms with Gasteiger partial charge in [0.25, 0.3) is 5.91 Å². The van der Waals surface area contributed by atoms with Crippen LogP contribution in [0.4, 0.5) is 4.39 Å². The molecule has 1 amide bonds. The zero-order valence-electron chi connectivity index (χ0n) is 20.1. The molecule has 0 aliphatic carbocycles. The minimum Gasteiger partial charge on any atom is -0.491 e. The van der Waals surface area contributed by atoms with Gasteiger partial charge in [0.05, 0.1) is 23.7 Å². The van der Waals surface area contributed by atoms with Gasteiger partial charge in [-0.1, -0.05) is 79.4 Å².